The van der Waals surface area contributed by atoms with Crippen molar-refractivity contribution in [2.75, 3.05) is 36.9 Å². The number of hydrogen-bond donors (Lipinski definition) is 2. The molecule has 0 unspecified atom stereocenters. The van der Waals surface area contributed by atoms with Gasteiger partial charge in [-0.25, -0.2) is 9.78 Å². The molecule has 2 N–H and O–H groups in total. The van der Waals surface area contributed by atoms with Crippen LogP contribution < -0.4 is 10.6 Å². The molecule has 2 aromatic carbocycles. The van der Waals surface area contributed by atoms with Gasteiger partial charge in [0.2, 0.25) is 0 Å². The van der Waals surface area contributed by atoms with Gasteiger partial charge >= 0.3 is 12.2 Å². The van der Waals surface area contributed by atoms with Crippen LogP contribution in [0.2, 0.25) is 0 Å². The van der Waals surface area contributed by atoms with E-state index in [1.807, 2.05) is 24.1 Å². The van der Waals surface area contributed by atoms with Crippen LogP contribution in [0.1, 0.15) is 37.6 Å². The number of hydrogen-bond acceptors (Lipinski definition) is 5. The fourth-order valence-electron chi connectivity index (χ4n) is 4.82. The van der Waals surface area contributed by atoms with Gasteiger partial charge < -0.3 is 15.4 Å². The van der Waals surface area contributed by atoms with Crippen LogP contribution in [0.25, 0.3) is 22.2 Å². The summed E-state index contributed by atoms with van der Waals surface area (Å²) in [5.41, 5.74) is 3.39. The van der Waals surface area contributed by atoms with Gasteiger partial charge in [0.15, 0.2) is 5.65 Å². The molecule has 0 spiro atoms. The third kappa shape index (κ3) is 6.52. The van der Waals surface area contributed by atoms with Crippen molar-refractivity contribution in [2.45, 2.75) is 38.9 Å². The van der Waals surface area contributed by atoms with Crippen molar-refractivity contribution < 1.29 is 22.7 Å². The number of carbonyl (C=O) groups excluding carboxylic acids is 1. The van der Waals surface area contributed by atoms with E-state index in [1.54, 1.807) is 23.0 Å². The fourth-order valence-corrected chi connectivity index (χ4v) is 4.82. The average molecular weight is 567 g/mol. The summed E-state index contributed by atoms with van der Waals surface area (Å²) >= 11 is 0. The van der Waals surface area contributed by atoms with Gasteiger partial charge in [-0.3, -0.25) is 9.58 Å². The highest BCUT2D eigenvalue weighted by molar-refractivity contribution is 6.00. The molecule has 1 fully saturated rings. The molecule has 3 heterocycles. The molecule has 2 amide bonds. The summed E-state index contributed by atoms with van der Waals surface area (Å²) in [4.78, 5) is 19.4. The highest BCUT2D eigenvalue weighted by Gasteiger charge is 2.34. The molecule has 5 rings (SSSR count). The van der Waals surface area contributed by atoms with E-state index in [0.29, 0.717) is 32.0 Å². The highest BCUT2D eigenvalue weighted by Crippen LogP contribution is 2.35. The fraction of sp³-hybridized carbons (Fsp3) is 0.367. The number of pyridine rings is 1. The average Bonchev–Trinajstić information content (AvgIpc) is 3.29. The smallest absolute Gasteiger partial charge is 0.379 e. The van der Waals surface area contributed by atoms with Gasteiger partial charge in [0.25, 0.3) is 0 Å². The number of aromatic nitrogens is 3. The molecule has 8 nitrogen and oxygen atoms in total. The van der Waals surface area contributed by atoms with Gasteiger partial charge in [-0.15, -0.1) is 0 Å². The number of urea groups is 1. The van der Waals surface area contributed by atoms with E-state index in [1.165, 1.54) is 12.1 Å². The number of nitrogens with one attached hydrogen (secondary N) is 2. The second-order valence-corrected chi connectivity index (χ2v) is 11.2. The molecule has 41 heavy (non-hydrogen) atoms. The van der Waals surface area contributed by atoms with Gasteiger partial charge in [-0.2, -0.15) is 18.3 Å². The lowest BCUT2D eigenvalue weighted by Crippen LogP contribution is -2.36. The van der Waals surface area contributed by atoms with Gasteiger partial charge in [0.1, 0.15) is 0 Å². The van der Waals surface area contributed by atoms with Gasteiger partial charge in [0, 0.05) is 54.6 Å². The normalized spacial score (nSPS) is 14.8. The summed E-state index contributed by atoms with van der Waals surface area (Å²) in [6.07, 6.45) is -2.77. The van der Waals surface area contributed by atoms with E-state index in [2.05, 4.69) is 42.6 Å². The van der Waals surface area contributed by atoms with E-state index < -0.39 is 17.8 Å². The number of amides is 2. The summed E-state index contributed by atoms with van der Waals surface area (Å²) in [5.74, 6) is 0. The molecule has 1 saturated heterocycles. The Morgan fingerprint density at radius 3 is 2.29 bits per heavy atom. The SMILES string of the molecule is Cn1ncc2c(-c3ccc(NC(=O)Nc4ccc(CN5CCOCC5)c(C(F)(F)F)c4)cc3)cc(C(C)(C)C)nc21. The lowest BCUT2D eigenvalue weighted by atomic mass is 9.89. The van der Waals surface area contributed by atoms with E-state index in [4.69, 9.17) is 9.72 Å². The number of ether oxygens (including phenoxy) is 1. The van der Waals surface area contributed by atoms with Crippen LogP contribution >= 0.6 is 0 Å². The molecule has 0 radical (unpaired) electrons. The molecule has 4 aromatic rings. The zero-order valence-corrected chi connectivity index (χ0v) is 23.5. The van der Waals surface area contributed by atoms with Crippen LogP contribution in [0.5, 0.6) is 0 Å². The lowest BCUT2D eigenvalue weighted by molar-refractivity contribution is -0.138. The standard InChI is InChI=1S/C30H33F3N6O2/c1-29(2,3)26-16-23(24-17-34-38(4)27(24)37-26)19-5-8-21(9-6-19)35-28(40)36-22-10-7-20(25(15-22)30(31,32)33)18-39-11-13-41-14-12-39/h5-10,15-17H,11-14,18H2,1-4H3,(H2,35,36,40). The Labute approximate surface area is 236 Å². The second kappa shape index (κ2) is 11.1. The molecule has 11 heteroatoms. The summed E-state index contributed by atoms with van der Waals surface area (Å²) in [6.45, 7) is 8.60. The maximum Gasteiger partial charge on any atom is 0.416 e. The Bertz CT molecular complexity index is 1550. The van der Waals surface area contributed by atoms with E-state index in [0.717, 1.165) is 33.9 Å². The number of alkyl halides is 3. The number of nitrogens with zero attached hydrogens (tertiary/aromatic N) is 4. The van der Waals surface area contributed by atoms with Crippen molar-refractivity contribution in [3.63, 3.8) is 0 Å². The number of benzene rings is 2. The number of carbonyl (C=O) groups is 1. The number of halogens is 3. The van der Waals surface area contributed by atoms with Crippen LogP contribution in [0, 0.1) is 0 Å². The van der Waals surface area contributed by atoms with Crippen molar-refractivity contribution in [3.8, 4) is 11.1 Å². The third-order valence-electron chi connectivity index (χ3n) is 7.10. The third-order valence-corrected chi connectivity index (χ3v) is 7.10. The van der Waals surface area contributed by atoms with Crippen molar-refractivity contribution in [1.82, 2.24) is 19.7 Å². The van der Waals surface area contributed by atoms with Gasteiger partial charge in [-0.05, 0) is 47.0 Å². The molecular weight excluding hydrogens is 533 g/mol. The number of aryl methyl sites for hydroxylation is 1. The summed E-state index contributed by atoms with van der Waals surface area (Å²) in [6, 6.07) is 12.6. The summed E-state index contributed by atoms with van der Waals surface area (Å²) < 4.78 is 48.6. The Balaban J connectivity index is 1.31. The van der Waals surface area contributed by atoms with Crippen molar-refractivity contribution in [2.24, 2.45) is 7.05 Å². The van der Waals surface area contributed by atoms with Crippen LogP contribution in [-0.2, 0) is 29.9 Å². The number of anilines is 2. The van der Waals surface area contributed by atoms with Crippen LogP contribution in [0.15, 0.2) is 54.7 Å². The van der Waals surface area contributed by atoms with Crippen LogP contribution in [-0.4, -0.2) is 52.0 Å². The van der Waals surface area contributed by atoms with E-state index in [9.17, 15) is 18.0 Å². The minimum Gasteiger partial charge on any atom is -0.379 e. The Morgan fingerprint density at radius 1 is 0.976 bits per heavy atom. The molecule has 1 aliphatic rings. The first-order valence-corrected chi connectivity index (χ1v) is 13.4. The Kier molecular flexibility index (Phi) is 7.76. The topological polar surface area (TPSA) is 84.3 Å². The summed E-state index contributed by atoms with van der Waals surface area (Å²) in [7, 11) is 1.85. The van der Waals surface area contributed by atoms with Crippen molar-refractivity contribution >= 4 is 28.4 Å². The molecule has 0 aliphatic carbocycles. The van der Waals surface area contributed by atoms with Crippen LogP contribution in [0.4, 0.5) is 29.3 Å². The Hall–Kier alpha value is -3.96. The summed E-state index contributed by atoms with van der Waals surface area (Å²) in [5, 5.41) is 10.5. The maximum atomic E-state index is 13.9. The quantitative estimate of drug-likeness (QED) is 0.291. The predicted octanol–water partition coefficient (Wildman–Crippen LogP) is 6.43. The zero-order valence-electron chi connectivity index (χ0n) is 23.5. The van der Waals surface area contributed by atoms with Crippen molar-refractivity contribution in [3.05, 3.63) is 71.5 Å². The van der Waals surface area contributed by atoms with Gasteiger partial charge in [-0.1, -0.05) is 39.0 Å². The first-order valence-electron chi connectivity index (χ1n) is 13.4. The molecular formula is C30H33F3N6O2. The molecule has 1 aliphatic heterocycles. The minimum atomic E-state index is -4.55. The first-order chi connectivity index (χ1) is 19.4. The largest absolute Gasteiger partial charge is 0.416 e. The second-order valence-electron chi connectivity index (χ2n) is 11.2. The number of morpholine rings is 1. The van der Waals surface area contributed by atoms with Crippen molar-refractivity contribution in [1.29, 1.82) is 0 Å². The molecule has 2 aromatic heterocycles. The van der Waals surface area contributed by atoms with E-state index >= 15 is 0 Å². The molecule has 216 valence electrons. The monoisotopic (exact) mass is 566 g/mol. The Morgan fingerprint density at radius 2 is 1.63 bits per heavy atom. The number of rotatable bonds is 5. The lowest BCUT2D eigenvalue weighted by Gasteiger charge is -2.27. The van der Waals surface area contributed by atoms with Crippen LogP contribution in [0.3, 0.4) is 0 Å². The predicted molar refractivity (Wildman–Crippen MR) is 153 cm³/mol. The van der Waals surface area contributed by atoms with Gasteiger partial charge in [0.05, 0.1) is 25.0 Å². The molecule has 0 bridgehead atoms. The first kappa shape index (κ1) is 28.6. The maximum absolute atomic E-state index is 13.9. The molecule has 0 atom stereocenters. The highest BCUT2D eigenvalue weighted by atomic mass is 19.4. The van der Waals surface area contributed by atoms with E-state index in [-0.39, 0.29) is 23.2 Å². The molecule has 0 saturated carbocycles. The zero-order chi connectivity index (χ0) is 29.4. The minimum absolute atomic E-state index is 0.0580. The number of fused-ring (bicyclic) bond motifs is 1.